The van der Waals surface area contributed by atoms with Crippen molar-refractivity contribution >= 4 is 95.8 Å². The molecule has 99 heavy (non-hydrogen) atoms. The van der Waals surface area contributed by atoms with Crippen LogP contribution < -0.4 is 32.8 Å². The van der Waals surface area contributed by atoms with Gasteiger partial charge < -0.3 is 0 Å². The fourth-order valence-corrected chi connectivity index (χ4v) is 17.0. The maximum absolute atomic E-state index is 11.5. The van der Waals surface area contributed by atoms with Gasteiger partial charge >= 0.3 is 0 Å². The molecule has 0 radical (unpaired) electrons. The van der Waals surface area contributed by atoms with Crippen LogP contribution in [0.15, 0.2) is 190 Å². The number of benzene rings is 8. The van der Waals surface area contributed by atoms with E-state index in [0.717, 1.165) is 39.7 Å². The second-order valence-electron chi connectivity index (χ2n) is 26.9. The third kappa shape index (κ3) is 14.7. The zero-order valence-electron chi connectivity index (χ0n) is 60.3. The van der Waals surface area contributed by atoms with Crippen molar-refractivity contribution in [1.82, 2.24) is 19.9 Å². The van der Waals surface area contributed by atoms with Gasteiger partial charge in [-0.05, 0) is 266 Å². The van der Waals surface area contributed by atoms with Gasteiger partial charge in [0.1, 0.15) is 6.29 Å². The summed E-state index contributed by atoms with van der Waals surface area (Å²) in [4.78, 5) is 29.6. The fourth-order valence-electron chi connectivity index (χ4n) is 17.0. The average Bonchev–Trinajstić information content (AvgIpc) is 0.736. The van der Waals surface area contributed by atoms with E-state index in [1.54, 1.807) is 0 Å². The van der Waals surface area contributed by atoms with E-state index in [1.807, 2.05) is 92.0 Å². The van der Waals surface area contributed by atoms with E-state index in [4.69, 9.17) is 0 Å². The Kier molecular flexibility index (Phi) is 24.2. The Morgan fingerprint density at radius 1 is 0.293 bits per heavy atom. The lowest BCUT2D eigenvalue weighted by Gasteiger charge is -2.31. The van der Waals surface area contributed by atoms with E-state index in [1.165, 1.54) is 172 Å². The number of rotatable bonds is 14. The van der Waals surface area contributed by atoms with E-state index >= 15 is 0 Å². The molecule has 0 bridgehead atoms. The number of hydrogen-bond donors (Lipinski definition) is 0. The van der Waals surface area contributed by atoms with Crippen LogP contribution in [0.5, 0.6) is 0 Å². The molecular weight excluding hydrogens is 1430 g/mol. The van der Waals surface area contributed by atoms with Crippen LogP contribution in [0.25, 0.3) is 72.8 Å². The highest BCUT2D eigenvalue weighted by molar-refractivity contribution is 15.0. The minimum atomic E-state index is -0.0364. The van der Waals surface area contributed by atoms with Crippen molar-refractivity contribution in [3.05, 3.63) is 301 Å². The summed E-state index contributed by atoms with van der Waals surface area (Å²) < 4.78 is 0. The van der Waals surface area contributed by atoms with Crippen LogP contribution in [0.2, 0.25) is 0 Å². The third-order valence-corrected chi connectivity index (χ3v) is 20.5. The van der Waals surface area contributed by atoms with Gasteiger partial charge in [-0.1, -0.05) is 195 Å². The molecule has 0 unspecified atom stereocenters. The summed E-state index contributed by atoms with van der Waals surface area (Å²) in [6.07, 6.45) is 18.2. The van der Waals surface area contributed by atoms with Gasteiger partial charge in [-0.25, -0.2) is 0 Å². The SMILES string of the molecule is C.C=Cc1ccc(-c2c(C)cc(C)c(B(c3c(C)cc(C)c(-c4cccnc4)c3C)c3c(C)cc(C)c(-c4cccnc4)c3C)c2C)cc1.Cc1cc(C)c(-c2ccc(C=O)cc2)c(C)c1B(c1c(C)cc(C)c(-c2cccnc2)c1C)c1c(C)cc(C)c(-c2cccnc2)c1C.II. The van der Waals surface area contributed by atoms with Crippen LogP contribution in [0, 0.1) is 125 Å². The molecule has 8 aromatic carbocycles. The summed E-state index contributed by atoms with van der Waals surface area (Å²) in [5.74, 6) is 0. The smallest absolute Gasteiger partial charge is 0.243 e. The molecule has 9 heteroatoms. The number of aromatic nitrogens is 4. The summed E-state index contributed by atoms with van der Waals surface area (Å²) in [5.41, 5.74) is 47.5. The first-order valence-electron chi connectivity index (χ1n) is 33.7. The van der Waals surface area contributed by atoms with Crippen molar-refractivity contribution in [3.63, 3.8) is 0 Å². The molecule has 0 amide bonds. The molecule has 0 atom stereocenters. The number of pyridine rings is 4. The van der Waals surface area contributed by atoms with Crippen LogP contribution >= 0.6 is 37.2 Å². The lowest BCUT2D eigenvalue weighted by molar-refractivity contribution is 0.112. The van der Waals surface area contributed by atoms with Crippen LogP contribution in [-0.2, 0) is 0 Å². The van der Waals surface area contributed by atoms with Gasteiger partial charge in [-0.3, -0.25) is 24.7 Å². The van der Waals surface area contributed by atoms with E-state index < -0.39 is 0 Å². The van der Waals surface area contributed by atoms with Crippen molar-refractivity contribution < 1.29 is 4.79 Å². The number of nitrogens with zero attached hydrogens (tertiary/aromatic N) is 4. The monoisotopic (exact) mass is 1520 g/mol. The van der Waals surface area contributed by atoms with E-state index in [0.29, 0.717) is 5.56 Å². The summed E-state index contributed by atoms with van der Waals surface area (Å²) in [6, 6.07) is 47.9. The number of hydrogen-bond acceptors (Lipinski definition) is 5. The molecule has 0 aliphatic carbocycles. The topological polar surface area (TPSA) is 68.6 Å². The molecular formula is C90H92B2I2N4O. The molecule has 0 saturated carbocycles. The minimum Gasteiger partial charge on any atom is -0.298 e. The van der Waals surface area contributed by atoms with Gasteiger partial charge in [0, 0.05) is 115 Å². The van der Waals surface area contributed by atoms with Gasteiger partial charge in [-0.15, -0.1) is 0 Å². The van der Waals surface area contributed by atoms with Crippen molar-refractivity contribution in [2.24, 2.45) is 0 Å². The lowest BCUT2D eigenvalue weighted by Crippen LogP contribution is -2.58. The quantitative estimate of drug-likeness (QED) is 0.0616. The number of aldehydes is 1. The summed E-state index contributed by atoms with van der Waals surface area (Å²) >= 11 is 4.24. The van der Waals surface area contributed by atoms with Crippen molar-refractivity contribution in [1.29, 1.82) is 0 Å². The Morgan fingerprint density at radius 3 is 0.677 bits per heavy atom. The molecule has 5 nitrogen and oxygen atoms in total. The Labute approximate surface area is 615 Å². The minimum absolute atomic E-state index is 0. The normalized spacial score (nSPS) is 10.8. The molecule has 12 rings (SSSR count). The number of halogens is 2. The maximum atomic E-state index is 11.5. The largest absolute Gasteiger partial charge is 0.298 e. The van der Waals surface area contributed by atoms with Crippen molar-refractivity contribution in [2.45, 2.75) is 132 Å². The number of carbonyl (C=O) groups is 1. The molecule has 12 aromatic rings. The summed E-state index contributed by atoms with van der Waals surface area (Å²) in [6.45, 7) is 44.8. The first kappa shape index (κ1) is 74.6. The standard InChI is InChI=1S/C45H45BN2.C44H43BN2O.CH4.I2/c1-11-36-16-18-37(19-17-36)40-27(2)22-30(5)43(33(40)8)46(44-31(6)23-28(3)41(34(44)9)38-14-12-20-47-25-38)45-32(7)24-29(4)42(35(45)10)39-15-13-21-48-26-39;1-26-20-29(4)42(32(7)39(26)36-16-14-35(25-48)15-17-36)45(43-30(5)21-27(2)40(33(43)8)37-12-10-18-46-23-37)44-31(6)22-28(3)41(34(44)9)38-13-11-19-47-24-38;;1-2/h11-26H,1H2,2-10H3;10-25H,1-9H3;1H4;. The van der Waals surface area contributed by atoms with Gasteiger partial charge in [0.2, 0.25) is 13.4 Å². The molecule has 4 heterocycles. The molecule has 0 spiro atoms. The highest BCUT2D eigenvalue weighted by atomic mass is 128. The van der Waals surface area contributed by atoms with E-state index in [2.05, 4.69) is 285 Å². The summed E-state index contributed by atoms with van der Waals surface area (Å²) in [5, 5.41) is 0. The fraction of sp³-hybridized carbons (Fsp3) is 0.211. The second-order valence-corrected chi connectivity index (χ2v) is 26.9. The first-order chi connectivity index (χ1) is 47.1. The molecule has 4 aromatic heterocycles. The van der Waals surface area contributed by atoms with Crippen molar-refractivity contribution in [3.8, 4) is 66.8 Å². The molecule has 498 valence electrons. The van der Waals surface area contributed by atoms with Crippen LogP contribution in [0.3, 0.4) is 0 Å². The van der Waals surface area contributed by atoms with Gasteiger partial charge in [0.25, 0.3) is 0 Å². The molecule has 0 aliphatic rings. The number of carbonyl (C=O) groups excluding carboxylic acids is 1. The van der Waals surface area contributed by atoms with Gasteiger partial charge in [0.05, 0.1) is 0 Å². The first-order valence-corrected chi connectivity index (χ1v) is 40.0. The Morgan fingerprint density at radius 2 is 0.495 bits per heavy atom. The maximum Gasteiger partial charge on any atom is 0.243 e. The molecule has 0 saturated heterocycles. The zero-order chi connectivity index (χ0) is 70.5. The Bertz CT molecular complexity index is 4460. The highest BCUT2D eigenvalue weighted by Crippen LogP contribution is 2.36. The molecule has 0 N–H and O–H groups in total. The average molecular weight is 1520 g/mol. The predicted molar refractivity (Wildman–Crippen MR) is 447 cm³/mol. The summed E-state index contributed by atoms with van der Waals surface area (Å²) in [7, 11) is 0. The zero-order valence-corrected chi connectivity index (χ0v) is 64.6. The van der Waals surface area contributed by atoms with Gasteiger partial charge in [-0.2, -0.15) is 0 Å². The van der Waals surface area contributed by atoms with Crippen molar-refractivity contribution in [2.75, 3.05) is 0 Å². The Hall–Kier alpha value is -8.64. The van der Waals surface area contributed by atoms with Gasteiger partial charge in [0.15, 0.2) is 0 Å². The molecule has 0 aliphatic heterocycles. The Balaban J connectivity index is 0.000000223. The van der Waals surface area contributed by atoms with Crippen LogP contribution in [0.4, 0.5) is 0 Å². The van der Waals surface area contributed by atoms with E-state index in [9.17, 15) is 4.79 Å². The third-order valence-electron chi connectivity index (χ3n) is 20.5. The lowest BCUT2D eigenvalue weighted by atomic mass is 9.32. The molecule has 0 fully saturated rings. The predicted octanol–water partition coefficient (Wildman–Crippen LogP) is 20.4. The highest BCUT2D eigenvalue weighted by Gasteiger charge is 2.37. The number of aryl methyl sites for hydroxylation is 12. The second kappa shape index (κ2) is 32.1. The van der Waals surface area contributed by atoms with Crippen LogP contribution in [0.1, 0.15) is 123 Å². The van der Waals surface area contributed by atoms with Crippen LogP contribution in [-0.4, -0.2) is 39.6 Å². The van der Waals surface area contributed by atoms with E-state index in [-0.39, 0.29) is 20.9 Å².